The fourth-order valence-corrected chi connectivity index (χ4v) is 0.113. The third-order valence-corrected chi connectivity index (χ3v) is 1.76. The first-order valence-electron chi connectivity index (χ1n) is 2.28. The molecule has 0 bridgehead atoms. The largest absolute Gasteiger partial charge is 0.250 e. The minimum absolute atomic E-state index is 0.384. The zero-order valence-corrected chi connectivity index (χ0v) is 6.75. The number of terminal acetylenes is 1. The molecular weight excluding hydrogens is 126 g/mol. The monoisotopic (exact) mass is 134 g/mol. The predicted octanol–water partition coefficient (Wildman–Crippen LogP) is 0.0827. The molecule has 0 saturated heterocycles. The molecule has 0 aromatic heterocycles. The van der Waals surface area contributed by atoms with Crippen LogP contribution in [-0.2, 0) is 0 Å². The molecule has 0 heterocycles. The van der Waals surface area contributed by atoms with Crippen molar-refractivity contribution in [2.75, 3.05) is 13.3 Å². The van der Waals surface area contributed by atoms with Crippen molar-refractivity contribution < 1.29 is 8.78 Å². The van der Waals surface area contributed by atoms with Crippen LogP contribution in [0.4, 0.5) is 8.78 Å². The van der Waals surface area contributed by atoms with Crippen LogP contribution >= 0.6 is 0 Å². The average molecular weight is 134 g/mol. The maximum absolute atomic E-state index is 11.7. The number of alkyl halides is 2. The van der Waals surface area contributed by atoms with Gasteiger partial charge in [0.15, 0.2) is 0 Å². The molecule has 0 unspecified atom stereocenters. The zero-order valence-electron chi connectivity index (χ0n) is 4.75. The van der Waals surface area contributed by atoms with Crippen molar-refractivity contribution in [1.29, 1.82) is 0 Å². The third kappa shape index (κ3) is 1.62. The Bertz CT molecular complexity index is 101. The molecule has 0 atom stereocenters. The summed E-state index contributed by atoms with van der Waals surface area (Å²) < 4.78 is 23.4. The quantitative estimate of drug-likeness (QED) is 0.371. The van der Waals surface area contributed by atoms with Gasteiger partial charge in [-0.05, 0) is 0 Å². The van der Waals surface area contributed by atoms with Crippen LogP contribution in [0.5, 0.6) is 0 Å². The van der Waals surface area contributed by atoms with E-state index < -0.39 is 18.4 Å². The Hall–Kier alpha value is -0.363. The van der Waals surface area contributed by atoms with Crippen molar-refractivity contribution in [1.82, 2.24) is 0 Å². The SMILES string of the molecule is C#CC([SiH3])(CF)CF. The van der Waals surface area contributed by atoms with Gasteiger partial charge in [-0.2, -0.15) is 0 Å². The molecular formula is C5H8F2Si. The Balaban J connectivity index is 3.83. The molecule has 0 saturated carbocycles. The van der Waals surface area contributed by atoms with Crippen LogP contribution < -0.4 is 0 Å². The van der Waals surface area contributed by atoms with E-state index in [1.54, 1.807) is 0 Å². The summed E-state index contributed by atoms with van der Waals surface area (Å²) in [6.07, 6.45) is 4.83. The lowest BCUT2D eigenvalue weighted by Gasteiger charge is -2.12. The van der Waals surface area contributed by atoms with E-state index in [2.05, 4.69) is 5.92 Å². The maximum Gasteiger partial charge on any atom is 0.105 e. The van der Waals surface area contributed by atoms with Crippen molar-refractivity contribution >= 4 is 10.2 Å². The van der Waals surface area contributed by atoms with E-state index >= 15 is 0 Å². The molecule has 46 valence electrons. The third-order valence-electron chi connectivity index (χ3n) is 0.938. The van der Waals surface area contributed by atoms with E-state index in [1.807, 2.05) is 0 Å². The summed E-state index contributed by atoms with van der Waals surface area (Å²) >= 11 is 0. The second-order valence-corrected chi connectivity index (χ2v) is 3.89. The lowest BCUT2D eigenvalue weighted by atomic mass is 10.2. The predicted molar refractivity (Wildman–Crippen MR) is 33.4 cm³/mol. The van der Waals surface area contributed by atoms with Gasteiger partial charge in [0.1, 0.15) is 13.3 Å². The highest BCUT2D eigenvalue weighted by Gasteiger charge is 2.19. The smallest absolute Gasteiger partial charge is 0.105 e. The van der Waals surface area contributed by atoms with E-state index in [4.69, 9.17) is 6.42 Å². The Morgan fingerprint density at radius 2 is 1.88 bits per heavy atom. The standard InChI is InChI=1S/C5H8F2Si/c1-2-5(8,3-6)4-7/h1H,3-4H2,8H3. The fraction of sp³-hybridized carbons (Fsp3) is 0.600. The fourth-order valence-electron chi connectivity index (χ4n) is 0.113. The van der Waals surface area contributed by atoms with Crippen LogP contribution in [0.2, 0.25) is 5.04 Å². The van der Waals surface area contributed by atoms with Gasteiger partial charge in [0.2, 0.25) is 0 Å². The molecule has 0 aromatic carbocycles. The van der Waals surface area contributed by atoms with Gasteiger partial charge in [-0.15, -0.1) is 6.42 Å². The topological polar surface area (TPSA) is 0 Å². The molecule has 0 aliphatic carbocycles. The summed E-state index contributed by atoms with van der Waals surface area (Å²) in [5, 5.41) is -1.04. The van der Waals surface area contributed by atoms with Crippen molar-refractivity contribution in [3.05, 3.63) is 0 Å². The minimum Gasteiger partial charge on any atom is -0.250 e. The first-order valence-corrected chi connectivity index (χ1v) is 3.28. The molecule has 0 N–H and O–H groups in total. The zero-order chi connectivity index (χ0) is 6.62. The van der Waals surface area contributed by atoms with Crippen LogP contribution in [-0.4, -0.2) is 23.6 Å². The van der Waals surface area contributed by atoms with Crippen molar-refractivity contribution in [3.63, 3.8) is 0 Å². The molecule has 0 aliphatic heterocycles. The summed E-state index contributed by atoms with van der Waals surface area (Å²) in [4.78, 5) is 0. The molecule has 0 aromatic rings. The van der Waals surface area contributed by atoms with Crippen molar-refractivity contribution in [2.24, 2.45) is 0 Å². The lowest BCUT2D eigenvalue weighted by Crippen LogP contribution is -2.14. The Kier molecular flexibility index (Phi) is 2.70. The molecule has 0 radical (unpaired) electrons. The van der Waals surface area contributed by atoms with Crippen LogP contribution in [0.3, 0.4) is 0 Å². The Morgan fingerprint density at radius 3 is 1.88 bits per heavy atom. The summed E-state index contributed by atoms with van der Waals surface area (Å²) in [6.45, 7) is -1.46. The summed E-state index contributed by atoms with van der Waals surface area (Å²) in [6, 6.07) is 0. The summed E-state index contributed by atoms with van der Waals surface area (Å²) in [5.41, 5.74) is 0. The van der Waals surface area contributed by atoms with Gasteiger partial charge < -0.3 is 0 Å². The summed E-state index contributed by atoms with van der Waals surface area (Å²) in [7, 11) is 0.384. The normalized spacial score (nSPS) is 11.1. The van der Waals surface area contributed by atoms with E-state index in [1.165, 1.54) is 0 Å². The maximum atomic E-state index is 11.7. The average Bonchev–Trinajstić information content (AvgIpc) is 1.87. The van der Waals surface area contributed by atoms with Gasteiger partial charge in [-0.3, -0.25) is 0 Å². The highest BCUT2D eigenvalue weighted by Crippen LogP contribution is 2.19. The van der Waals surface area contributed by atoms with E-state index in [-0.39, 0.29) is 0 Å². The number of hydrogen-bond donors (Lipinski definition) is 0. The van der Waals surface area contributed by atoms with Gasteiger partial charge in [-0.25, -0.2) is 8.78 Å². The molecule has 8 heavy (non-hydrogen) atoms. The highest BCUT2D eigenvalue weighted by atomic mass is 28.1. The van der Waals surface area contributed by atoms with Crippen LogP contribution in [0.25, 0.3) is 0 Å². The van der Waals surface area contributed by atoms with Crippen LogP contribution in [0.1, 0.15) is 0 Å². The number of hydrogen-bond acceptors (Lipinski definition) is 0. The van der Waals surface area contributed by atoms with Gasteiger partial charge in [0, 0.05) is 10.2 Å². The van der Waals surface area contributed by atoms with Crippen LogP contribution in [0.15, 0.2) is 0 Å². The van der Waals surface area contributed by atoms with Crippen LogP contribution in [0, 0.1) is 12.3 Å². The van der Waals surface area contributed by atoms with Gasteiger partial charge in [-0.1, -0.05) is 5.92 Å². The van der Waals surface area contributed by atoms with Gasteiger partial charge in [0.05, 0.1) is 5.04 Å². The highest BCUT2D eigenvalue weighted by molar-refractivity contribution is 6.17. The molecule has 0 spiro atoms. The Morgan fingerprint density at radius 1 is 1.50 bits per heavy atom. The van der Waals surface area contributed by atoms with E-state index in [0.717, 1.165) is 0 Å². The first kappa shape index (κ1) is 7.64. The van der Waals surface area contributed by atoms with E-state index in [0.29, 0.717) is 10.2 Å². The van der Waals surface area contributed by atoms with Gasteiger partial charge in [0.25, 0.3) is 0 Å². The number of halogens is 2. The molecule has 0 nitrogen and oxygen atoms in total. The molecule has 0 fully saturated rings. The summed E-state index contributed by atoms with van der Waals surface area (Å²) in [5.74, 6) is 2.09. The van der Waals surface area contributed by atoms with Gasteiger partial charge >= 0.3 is 0 Å². The lowest BCUT2D eigenvalue weighted by molar-refractivity contribution is 0.355. The molecule has 0 rings (SSSR count). The molecule has 0 aliphatic rings. The number of rotatable bonds is 2. The first-order chi connectivity index (χ1) is 3.68. The Labute approximate surface area is 50.7 Å². The van der Waals surface area contributed by atoms with E-state index in [9.17, 15) is 8.78 Å². The molecule has 0 amide bonds. The second-order valence-electron chi connectivity index (χ2n) is 1.97. The molecule has 3 heteroatoms. The second kappa shape index (κ2) is 2.83. The van der Waals surface area contributed by atoms with Crippen molar-refractivity contribution in [3.8, 4) is 12.3 Å². The minimum atomic E-state index is -1.04. The van der Waals surface area contributed by atoms with Crippen molar-refractivity contribution in [2.45, 2.75) is 5.04 Å².